The highest BCUT2D eigenvalue weighted by molar-refractivity contribution is 6.01. The highest BCUT2D eigenvalue weighted by atomic mass is 16.5. The van der Waals surface area contributed by atoms with E-state index in [0.29, 0.717) is 5.69 Å². The summed E-state index contributed by atoms with van der Waals surface area (Å²) in [5.74, 6) is -1.08. The molecule has 6 nitrogen and oxygen atoms in total. The average molecular weight is 340 g/mol. The van der Waals surface area contributed by atoms with Crippen LogP contribution in [0, 0.1) is 0 Å². The lowest BCUT2D eigenvalue weighted by atomic mass is 10.0. The smallest absolute Gasteiger partial charge is 0.339 e. The Balaban J connectivity index is 2.14. The number of methoxy groups -OCH3 is 1. The SMILES string of the molecule is COC(=O)c1ccccc1NC(=O)CC(NC(C)=O)c1ccccc1. The minimum atomic E-state index is -0.530. The highest BCUT2D eigenvalue weighted by Crippen LogP contribution is 2.20. The maximum absolute atomic E-state index is 12.4. The van der Waals surface area contributed by atoms with Gasteiger partial charge in [-0.05, 0) is 17.7 Å². The van der Waals surface area contributed by atoms with Gasteiger partial charge in [-0.25, -0.2) is 4.79 Å². The van der Waals surface area contributed by atoms with E-state index in [-0.39, 0.29) is 23.8 Å². The molecule has 0 fully saturated rings. The van der Waals surface area contributed by atoms with Gasteiger partial charge in [0.2, 0.25) is 11.8 Å². The van der Waals surface area contributed by atoms with E-state index in [1.165, 1.54) is 14.0 Å². The van der Waals surface area contributed by atoms with Crippen molar-refractivity contribution in [3.05, 3.63) is 65.7 Å². The summed E-state index contributed by atoms with van der Waals surface area (Å²) < 4.78 is 4.71. The number of carbonyl (C=O) groups excluding carboxylic acids is 3. The molecule has 0 aliphatic rings. The highest BCUT2D eigenvalue weighted by Gasteiger charge is 2.19. The topological polar surface area (TPSA) is 84.5 Å². The van der Waals surface area contributed by atoms with Crippen molar-refractivity contribution >= 4 is 23.5 Å². The molecule has 2 rings (SSSR count). The summed E-state index contributed by atoms with van der Waals surface area (Å²) in [7, 11) is 1.28. The van der Waals surface area contributed by atoms with Gasteiger partial charge in [0.15, 0.2) is 0 Å². The molecule has 2 aromatic rings. The summed E-state index contributed by atoms with van der Waals surface area (Å²) in [5, 5.41) is 5.48. The molecule has 0 saturated carbocycles. The van der Waals surface area contributed by atoms with Crippen molar-refractivity contribution in [1.29, 1.82) is 0 Å². The number of carbonyl (C=O) groups is 3. The van der Waals surface area contributed by atoms with E-state index in [0.717, 1.165) is 5.56 Å². The second kappa shape index (κ2) is 8.63. The number of hydrogen-bond donors (Lipinski definition) is 2. The lowest BCUT2D eigenvalue weighted by Gasteiger charge is -2.18. The molecular weight excluding hydrogens is 320 g/mol. The number of esters is 1. The number of hydrogen-bond acceptors (Lipinski definition) is 4. The third-order valence-corrected chi connectivity index (χ3v) is 3.58. The Morgan fingerprint density at radius 1 is 1.00 bits per heavy atom. The zero-order chi connectivity index (χ0) is 18.2. The molecule has 0 bridgehead atoms. The number of amides is 2. The lowest BCUT2D eigenvalue weighted by Crippen LogP contribution is -2.30. The van der Waals surface area contributed by atoms with E-state index in [1.54, 1.807) is 24.3 Å². The Bertz CT molecular complexity index is 759. The second-order valence-corrected chi connectivity index (χ2v) is 5.45. The standard InChI is InChI=1S/C19H20N2O4/c1-13(22)20-17(14-8-4-3-5-9-14)12-18(23)21-16-11-7-6-10-15(16)19(24)25-2/h3-11,17H,12H2,1-2H3,(H,20,22)(H,21,23). The minimum Gasteiger partial charge on any atom is -0.465 e. The second-order valence-electron chi connectivity index (χ2n) is 5.45. The molecule has 2 amide bonds. The predicted molar refractivity (Wildman–Crippen MR) is 94.0 cm³/mol. The van der Waals surface area contributed by atoms with Crippen LogP contribution in [-0.2, 0) is 14.3 Å². The van der Waals surface area contributed by atoms with Crippen LogP contribution in [0.2, 0.25) is 0 Å². The Morgan fingerprint density at radius 3 is 2.28 bits per heavy atom. The molecule has 0 aromatic heterocycles. The molecule has 0 aliphatic heterocycles. The quantitative estimate of drug-likeness (QED) is 0.792. The summed E-state index contributed by atoms with van der Waals surface area (Å²) in [6.45, 7) is 1.40. The van der Waals surface area contributed by atoms with Gasteiger partial charge in [0.1, 0.15) is 0 Å². The van der Waals surface area contributed by atoms with Crippen molar-refractivity contribution in [2.75, 3.05) is 12.4 Å². The number of rotatable bonds is 6. The molecule has 0 saturated heterocycles. The van der Waals surface area contributed by atoms with Crippen LogP contribution in [0.3, 0.4) is 0 Å². The molecule has 0 heterocycles. The van der Waals surface area contributed by atoms with E-state index in [9.17, 15) is 14.4 Å². The van der Waals surface area contributed by atoms with Crippen LogP contribution in [0.1, 0.15) is 35.3 Å². The molecule has 130 valence electrons. The molecule has 1 unspecified atom stereocenters. The van der Waals surface area contributed by atoms with Crippen molar-refractivity contribution < 1.29 is 19.1 Å². The van der Waals surface area contributed by atoms with E-state index in [1.807, 2.05) is 30.3 Å². The maximum Gasteiger partial charge on any atom is 0.339 e. The van der Waals surface area contributed by atoms with Gasteiger partial charge in [-0.2, -0.15) is 0 Å². The fraction of sp³-hybridized carbons (Fsp3) is 0.211. The zero-order valence-electron chi connectivity index (χ0n) is 14.1. The van der Waals surface area contributed by atoms with Crippen molar-refractivity contribution in [3.8, 4) is 0 Å². The van der Waals surface area contributed by atoms with Crippen LogP contribution in [-0.4, -0.2) is 24.9 Å². The molecule has 0 radical (unpaired) electrons. The van der Waals surface area contributed by atoms with Crippen molar-refractivity contribution in [1.82, 2.24) is 5.32 Å². The van der Waals surface area contributed by atoms with Crippen LogP contribution in [0.5, 0.6) is 0 Å². The minimum absolute atomic E-state index is 0.0408. The third-order valence-electron chi connectivity index (χ3n) is 3.58. The lowest BCUT2D eigenvalue weighted by molar-refractivity contribution is -0.120. The third kappa shape index (κ3) is 5.17. The van der Waals surface area contributed by atoms with E-state index in [2.05, 4.69) is 10.6 Å². The molecule has 25 heavy (non-hydrogen) atoms. The van der Waals surface area contributed by atoms with Gasteiger partial charge >= 0.3 is 5.97 Å². The Labute approximate surface area is 146 Å². The molecule has 6 heteroatoms. The first-order chi connectivity index (χ1) is 12.0. The first-order valence-corrected chi connectivity index (χ1v) is 7.80. The largest absolute Gasteiger partial charge is 0.465 e. The first-order valence-electron chi connectivity index (χ1n) is 7.80. The van der Waals surface area contributed by atoms with Gasteiger partial charge in [-0.15, -0.1) is 0 Å². The van der Waals surface area contributed by atoms with E-state index in [4.69, 9.17) is 4.74 Å². The van der Waals surface area contributed by atoms with Crippen LogP contribution < -0.4 is 10.6 Å². The van der Waals surface area contributed by atoms with Crippen molar-refractivity contribution in [2.45, 2.75) is 19.4 Å². The van der Waals surface area contributed by atoms with Crippen molar-refractivity contribution in [3.63, 3.8) is 0 Å². The van der Waals surface area contributed by atoms with Gasteiger partial charge < -0.3 is 15.4 Å². The molecular formula is C19H20N2O4. The van der Waals surface area contributed by atoms with Gasteiger partial charge in [0.05, 0.1) is 30.8 Å². The van der Waals surface area contributed by atoms with Gasteiger partial charge in [-0.3, -0.25) is 9.59 Å². The predicted octanol–water partition coefficient (Wildman–Crippen LogP) is 2.68. The van der Waals surface area contributed by atoms with Crippen LogP contribution in [0.25, 0.3) is 0 Å². The average Bonchev–Trinajstić information content (AvgIpc) is 2.61. The Hall–Kier alpha value is -3.15. The first kappa shape index (κ1) is 18.2. The molecule has 2 aromatic carbocycles. The summed E-state index contributed by atoms with van der Waals surface area (Å²) in [5.41, 5.74) is 1.47. The van der Waals surface area contributed by atoms with Crippen LogP contribution in [0.15, 0.2) is 54.6 Å². The fourth-order valence-corrected chi connectivity index (χ4v) is 2.45. The molecule has 2 N–H and O–H groups in total. The summed E-state index contributed by atoms with van der Waals surface area (Å²) >= 11 is 0. The normalized spacial score (nSPS) is 11.3. The Kier molecular flexibility index (Phi) is 6.28. The Morgan fingerprint density at radius 2 is 1.64 bits per heavy atom. The summed E-state index contributed by atoms with van der Waals surface area (Å²) in [4.78, 5) is 35.6. The summed E-state index contributed by atoms with van der Waals surface area (Å²) in [6, 6.07) is 15.4. The molecule has 1 atom stereocenters. The van der Waals surface area contributed by atoms with Gasteiger partial charge in [0.25, 0.3) is 0 Å². The fourth-order valence-electron chi connectivity index (χ4n) is 2.45. The number of para-hydroxylation sites is 1. The van der Waals surface area contributed by atoms with Gasteiger partial charge in [-0.1, -0.05) is 42.5 Å². The maximum atomic E-state index is 12.4. The number of benzene rings is 2. The molecule has 0 spiro atoms. The number of nitrogens with one attached hydrogen (secondary N) is 2. The van der Waals surface area contributed by atoms with Crippen molar-refractivity contribution in [2.24, 2.45) is 0 Å². The molecule has 0 aliphatic carbocycles. The number of ether oxygens (including phenoxy) is 1. The van der Waals surface area contributed by atoms with E-state index >= 15 is 0 Å². The van der Waals surface area contributed by atoms with Crippen LogP contribution in [0.4, 0.5) is 5.69 Å². The summed E-state index contributed by atoms with van der Waals surface area (Å²) in [6.07, 6.45) is 0.0408. The van der Waals surface area contributed by atoms with Crippen LogP contribution >= 0.6 is 0 Å². The number of anilines is 1. The zero-order valence-corrected chi connectivity index (χ0v) is 14.1. The monoisotopic (exact) mass is 340 g/mol. The van der Waals surface area contributed by atoms with E-state index < -0.39 is 12.0 Å². The van der Waals surface area contributed by atoms with Gasteiger partial charge in [0, 0.05) is 6.92 Å².